The zero-order valence-corrected chi connectivity index (χ0v) is 16.9. The van der Waals surface area contributed by atoms with Crippen molar-refractivity contribution in [2.24, 2.45) is 5.41 Å². The van der Waals surface area contributed by atoms with E-state index in [-0.39, 0.29) is 0 Å². The van der Waals surface area contributed by atoms with Gasteiger partial charge in [-0.25, -0.2) is 0 Å². The number of hydrogen-bond donors (Lipinski definition) is 10. The first-order valence-electron chi connectivity index (χ1n) is 9.59. The highest BCUT2D eigenvalue weighted by Crippen LogP contribution is 2.24. The molecule has 2 aliphatic rings. The molecule has 0 unspecified atom stereocenters. The van der Waals surface area contributed by atoms with E-state index < -0.39 is 91.7 Å². The van der Waals surface area contributed by atoms with Gasteiger partial charge in [0.05, 0.1) is 13.2 Å². The third kappa shape index (κ3) is 5.14. The van der Waals surface area contributed by atoms with E-state index in [4.69, 9.17) is 19.7 Å². The molecule has 2 rings (SSSR count). The Bertz CT molecular complexity index is 597. The van der Waals surface area contributed by atoms with Crippen molar-refractivity contribution in [1.82, 2.24) is 10.6 Å². The quantitative estimate of drug-likeness (QED) is 0.169. The SMILES string of the molecule is CC(C)(C(=O)N[C@@H]1[C@@H](O)[C@H](O)[C@@H](CO)O[C@@H]1O)C(=O)N[C@@H]1[C@@H](O)[C@H](O)[C@@H](CO)O[C@@H]1O. The summed E-state index contributed by atoms with van der Waals surface area (Å²) < 4.78 is 9.87. The monoisotopic (exact) mass is 454 g/mol. The molecule has 10 N–H and O–H groups in total. The molecule has 14 nitrogen and oxygen atoms in total. The first-order valence-corrected chi connectivity index (χ1v) is 9.59. The number of rotatable bonds is 6. The lowest BCUT2D eigenvalue weighted by Crippen LogP contribution is -2.67. The van der Waals surface area contributed by atoms with Crippen LogP contribution in [-0.4, -0.2) is 127 Å². The maximum atomic E-state index is 12.7. The average Bonchev–Trinajstić information content (AvgIpc) is 2.73. The highest BCUT2D eigenvalue weighted by Gasteiger charge is 2.49. The second-order valence-corrected chi connectivity index (χ2v) is 8.08. The summed E-state index contributed by atoms with van der Waals surface area (Å²) >= 11 is 0. The molecule has 0 bridgehead atoms. The van der Waals surface area contributed by atoms with Crippen molar-refractivity contribution in [3.63, 3.8) is 0 Å². The van der Waals surface area contributed by atoms with Gasteiger partial charge in [0.15, 0.2) is 12.6 Å². The van der Waals surface area contributed by atoms with Crippen LogP contribution in [0.5, 0.6) is 0 Å². The van der Waals surface area contributed by atoms with Crippen LogP contribution < -0.4 is 10.6 Å². The van der Waals surface area contributed by atoms with Crippen LogP contribution in [0.3, 0.4) is 0 Å². The van der Waals surface area contributed by atoms with Crippen LogP contribution in [0.25, 0.3) is 0 Å². The lowest BCUT2D eigenvalue weighted by Gasteiger charge is -2.42. The summed E-state index contributed by atoms with van der Waals surface area (Å²) in [4.78, 5) is 25.3. The third-order valence-corrected chi connectivity index (χ3v) is 5.53. The lowest BCUT2D eigenvalue weighted by atomic mass is 9.88. The van der Waals surface area contributed by atoms with Gasteiger partial charge in [0.1, 0.15) is 54.1 Å². The molecule has 0 radical (unpaired) electrons. The molecule has 0 saturated carbocycles. The second-order valence-electron chi connectivity index (χ2n) is 8.08. The molecule has 0 aromatic carbocycles. The average molecular weight is 454 g/mol. The second kappa shape index (κ2) is 9.99. The molecule has 2 heterocycles. The van der Waals surface area contributed by atoms with Gasteiger partial charge in [-0.15, -0.1) is 0 Å². The van der Waals surface area contributed by atoms with E-state index in [9.17, 15) is 40.2 Å². The van der Waals surface area contributed by atoms with E-state index in [2.05, 4.69) is 10.6 Å². The number of amides is 2. The van der Waals surface area contributed by atoms with Gasteiger partial charge in [-0.05, 0) is 13.8 Å². The van der Waals surface area contributed by atoms with Crippen molar-refractivity contribution in [2.75, 3.05) is 13.2 Å². The molecule has 0 aliphatic carbocycles. The van der Waals surface area contributed by atoms with E-state index in [1.165, 1.54) is 13.8 Å². The zero-order chi connectivity index (χ0) is 23.7. The van der Waals surface area contributed by atoms with Gasteiger partial charge in [0.2, 0.25) is 11.8 Å². The number of carbonyl (C=O) groups excluding carboxylic acids is 2. The minimum Gasteiger partial charge on any atom is -0.394 e. The number of hydrogen-bond acceptors (Lipinski definition) is 12. The first-order chi connectivity index (χ1) is 14.4. The Balaban J connectivity index is 2.06. The van der Waals surface area contributed by atoms with Crippen molar-refractivity contribution in [3.05, 3.63) is 0 Å². The van der Waals surface area contributed by atoms with Gasteiger partial charge < -0.3 is 61.0 Å². The molecule has 2 aliphatic heterocycles. The highest BCUT2D eigenvalue weighted by molar-refractivity contribution is 6.04. The van der Waals surface area contributed by atoms with E-state index >= 15 is 0 Å². The normalized spacial score (nSPS) is 41.5. The van der Waals surface area contributed by atoms with Crippen LogP contribution in [0.2, 0.25) is 0 Å². The van der Waals surface area contributed by atoms with Crippen molar-refractivity contribution in [1.29, 1.82) is 0 Å². The molecule has 2 amide bonds. The van der Waals surface area contributed by atoms with Crippen molar-refractivity contribution < 1.29 is 59.9 Å². The van der Waals surface area contributed by atoms with Gasteiger partial charge >= 0.3 is 0 Å². The predicted molar refractivity (Wildman–Crippen MR) is 97.6 cm³/mol. The highest BCUT2D eigenvalue weighted by atomic mass is 16.6. The third-order valence-electron chi connectivity index (χ3n) is 5.53. The van der Waals surface area contributed by atoms with E-state index in [1.807, 2.05) is 0 Å². The molecule has 14 heteroatoms. The van der Waals surface area contributed by atoms with Crippen LogP contribution in [0.1, 0.15) is 13.8 Å². The fourth-order valence-corrected chi connectivity index (χ4v) is 3.27. The predicted octanol–water partition coefficient (Wildman–Crippen LogP) is -6.16. The Kier molecular flexibility index (Phi) is 8.32. The molecule has 180 valence electrons. The molecular weight excluding hydrogens is 424 g/mol. The van der Waals surface area contributed by atoms with E-state index in [0.717, 1.165) is 0 Å². The fourth-order valence-electron chi connectivity index (χ4n) is 3.27. The summed E-state index contributed by atoms with van der Waals surface area (Å²) in [5.74, 6) is -2.03. The molecule has 0 aromatic heterocycles. The molecule has 10 atom stereocenters. The molecule has 31 heavy (non-hydrogen) atoms. The van der Waals surface area contributed by atoms with Crippen LogP contribution in [0.4, 0.5) is 0 Å². The van der Waals surface area contributed by atoms with Crippen LogP contribution >= 0.6 is 0 Å². The van der Waals surface area contributed by atoms with Gasteiger partial charge in [-0.2, -0.15) is 0 Å². The summed E-state index contributed by atoms with van der Waals surface area (Å²) in [6, 6.07) is -3.06. The summed E-state index contributed by atoms with van der Waals surface area (Å²) in [7, 11) is 0. The molecule has 2 fully saturated rings. The van der Waals surface area contributed by atoms with Crippen LogP contribution in [-0.2, 0) is 19.1 Å². The smallest absolute Gasteiger partial charge is 0.235 e. The summed E-state index contributed by atoms with van der Waals surface area (Å²) in [6.45, 7) is 0.951. The Morgan fingerprint density at radius 2 is 1.03 bits per heavy atom. The Hall–Kier alpha value is -1.46. The standard InChI is InChI=1S/C17H30N2O12/c1-17(2,15(28)18-7-11(24)9(22)5(3-20)30-13(7)26)16(29)19-8-12(25)10(23)6(4-21)31-14(8)27/h5-14,20-27H,3-4H2,1-2H3,(H,18,28)(H,19,29)/t5-,6-,7-,8-,9-,10-,11-,12-,13+,14+/m1/s1. The molecular formula is C17H30N2O12. The minimum absolute atomic E-state index is 0.693. The van der Waals surface area contributed by atoms with Gasteiger partial charge in [0, 0.05) is 0 Å². The van der Waals surface area contributed by atoms with Gasteiger partial charge in [0.25, 0.3) is 0 Å². The molecule has 2 saturated heterocycles. The van der Waals surface area contributed by atoms with E-state index in [0.29, 0.717) is 0 Å². The van der Waals surface area contributed by atoms with Gasteiger partial charge in [-0.1, -0.05) is 0 Å². The topological polar surface area (TPSA) is 238 Å². The fraction of sp³-hybridized carbons (Fsp3) is 0.882. The van der Waals surface area contributed by atoms with Crippen molar-refractivity contribution in [3.8, 4) is 0 Å². The van der Waals surface area contributed by atoms with Crippen LogP contribution in [0, 0.1) is 5.41 Å². The Morgan fingerprint density at radius 3 is 1.32 bits per heavy atom. The summed E-state index contributed by atoms with van der Waals surface area (Å²) in [6.07, 6.45) is -12.8. The number of aliphatic hydroxyl groups is 8. The largest absolute Gasteiger partial charge is 0.394 e. The molecule has 0 aromatic rings. The maximum absolute atomic E-state index is 12.7. The zero-order valence-electron chi connectivity index (χ0n) is 16.9. The lowest BCUT2D eigenvalue weighted by molar-refractivity contribution is -0.255. The first kappa shape index (κ1) is 25.8. The van der Waals surface area contributed by atoms with E-state index in [1.54, 1.807) is 0 Å². The minimum atomic E-state index is -1.89. The van der Waals surface area contributed by atoms with Crippen molar-refractivity contribution in [2.45, 2.75) is 75.1 Å². The summed E-state index contributed by atoms with van der Waals surface area (Å²) in [5, 5.41) is 82.6. The number of aliphatic hydroxyl groups excluding tert-OH is 8. The van der Waals surface area contributed by atoms with Gasteiger partial charge in [-0.3, -0.25) is 9.59 Å². The number of nitrogens with one attached hydrogen (secondary N) is 2. The van der Waals surface area contributed by atoms with Crippen molar-refractivity contribution >= 4 is 11.8 Å². The number of carbonyl (C=O) groups is 2. The molecule has 0 spiro atoms. The Morgan fingerprint density at radius 1 is 0.710 bits per heavy atom. The Labute approximate surface area is 177 Å². The number of ether oxygens (including phenoxy) is 2. The maximum Gasteiger partial charge on any atom is 0.235 e. The summed E-state index contributed by atoms with van der Waals surface area (Å²) in [5.41, 5.74) is -1.89. The van der Waals surface area contributed by atoms with Crippen LogP contribution in [0.15, 0.2) is 0 Å².